The number of benzene rings is 1. The van der Waals surface area contributed by atoms with E-state index in [1.54, 1.807) is 0 Å². The summed E-state index contributed by atoms with van der Waals surface area (Å²) in [4.78, 5) is 14.3. The molecule has 0 radical (unpaired) electrons. The lowest BCUT2D eigenvalue weighted by molar-refractivity contribution is -0.133. The fourth-order valence-electron chi connectivity index (χ4n) is 2.88. The fraction of sp³-hybridized carbons (Fsp3) is 0.562. The van der Waals surface area contributed by atoms with Crippen LogP contribution in [-0.2, 0) is 16.0 Å². The van der Waals surface area contributed by atoms with Crippen LogP contribution in [0.2, 0.25) is 0 Å². The summed E-state index contributed by atoms with van der Waals surface area (Å²) in [7, 11) is 0. The molecule has 0 atom stereocenters. The first-order chi connectivity index (χ1) is 9.57. The van der Waals surface area contributed by atoms with Gasteiger partial charge in [0.2, 0.25) is 0 Å². The monoisotopic (exact) mass is 274 g/mol. The van der Waals surface area contributed by atoms with E-state index in [2.05, 4.69) is 30.4 Å². The van der Waals surface area contributed by atoms with Crippen molar-refractivity contribution in [3.8, 4) is 0 Å². The van der Waals surface area contributed by atoms with Crippen LogP contribution >= 0.6 is 0 Å². The smallest absolute Gasteiger partial charge is 0.253 e. The second-order valence-electron chi connectivity index (χ2n) is 6.12. The SMILES string of the molecule is Cc1ccc2c(c1)CCCN2C(=O)COC1(C)CNC1. The Labute approximate surface area is 120 Å². The number of aryl methyl sites for hydroxylation is 2. The molecule has 1 saturated heterocycles. The topological polar surface area (TPSA) is 41.6 Å². The molecule has 1 aromatic rings. The van der Waals surface area contributed by atoms with Crippen LogP contribution in [0.5, 0.6) is 0 Å². The van der Waals surface area contributed by atoms with E-state index >= 15 is 0 Å². The van der Waals surface area contributed by atoms with Gasteiger partial charge in [-0.1, -0.05) is 17.7 Å². The Morgan fingerprint density at radius 2 is 2.25 bits per heavy atom. The Bertz CT molecular complexity index is 523. The Morgan fingerprint density at radius 3 is 2.95 bits per heavy atom. The van der Waals surface area contributed by atoms with Crippen LogP contribution in [0, 0.1) is 6.92 Å². The molecule has 2 aliphatic heterocycles. The van der Waals surface area contributed by atoms with Crippen LogP contribution in [0.4, 0.5) is 5.69 Å². The van der Waals surface area contributed by atoms with Gasteiger partial charge in [-0.3, -0.25) is 4.79 Å². The minimum atomic E-state index is -0.165. The van der Waals surface area contributed by atoms with Gasteiger partial charge in [-0.15, -0.1) is 0 Å². The maximum Gasteiger partial charge on any atom is 0.253 e. The lowest BCUT2D eigenvalue weighted by Crippen LogP contribution is -2.59. The largest absolute Gasteiger partial charge is 0.363 e. The quantitative estimate of drug-likeness (QED) is 0.911. The molecular formula is C16H22N2O2. The molecule has 0 aromatic heterocycles. The van der Waals surface area contributed by atoms with Crippen molar-refractivity contribution in [3.05, 3.63) is 29.3 Å². The number of nitrogens with one attached hydrogen (secondary N) is 1. The molecule has 0 saturated carbocycles. The average molecular weight is 274 g/mol. The van der Waals surface area contributed by atoms with Gasteiger partial charge in [0.05, 0.1) is 5.60 Å². The minimum absolute atomic E-state index is 0.0722. The van der Waals surface area contributed by atoms with Gasteiger partial charge < -0.3 is 15.0 Å². The predicted octanol–water partition coefficient (Wildman–Crippen LogP) is 1.65. The van der Waals surface area contributed by atoms with E-state index < -0.39 is 0 Å². The maximum atomic E-state index is 12.4. The first-order valence-electron chi connectivity index (χ1n) is 7.32. The van der Waals surface area contributed by atoms with Gasteiger partial charge >= 0.3 is 0 Å². The molecule has 1 aromatic carbocycles. The average Bonchev–Trinajstić information content (AvgIpc) is 2.41. The summed E-state index contributed by atoms with van der Waals surface area (Å²) in [6.45, 7) is 6.77. The van der Waals surface area contributed by atoms with E-state index in [0.717, 1.165) is 38.2 Å². The summed E-state index contributed by atoms with van der Waals surface area (Å²) >= 11 is 0. The Hall–Kier alpha value is -1.39. The van der Waals surface area contributed by atoms with Crippen molar-refractivity contribution in [2.45, 2.75) is 32.3 Å². The molecule has 1 amide bonds. The van der Waals surface area contributed by atoms with Crippen molar-refractivity contribution < 1.29 is 9.53 Å². The molecule has 4 nitrogen and oxygen atoms in total. The normalized spacial score (nSPS) is 20.2. The summed E-state index contributed by atoms with van der Waals surface area (Å²) in [6, 6.07) is 6.32. The molecule has 108 valence electrons. The van der Waals surface area contributed by atoms with Crippen molar-refractivity contribution >= 4 is 11.6 Å². The number of rotatable bonds is 3. The number of nitrogens with zero attached hydrogens (tertiary/aromatic N) is 1. The third kappa shape index (κ3) is 2.58. The van der Waals surface area contributed by atoms with E-state index in [-0.39, 0.29) is 18.1 Å². The summed E-state index contributed by atoms with van der Waals surface area (Å²) in [5, 5.41) is 3.18. The molecule has 4 heteroatoms. The zero-order valence-corrected chi connectivity index (χ0v) is 12.2. The third-order valence-corrected chi connectivity index (χ3v) is 4.20. The third-order valence-electron chi connectivity index (χ3n) is 4.20. The van der Waals surface area contributed by atoms with Crippen LogP contribution < -0.4 is 10.2 Å². The Morgan fingerprint density at radius 1 is 1.45 bits per heavy atom. The zero-order valence-electron chi connectivity index (χ0n) is 12.2. The highest BCUT2D eigenvalue weighted by atomic mass is 16.5. The molecule has 20 heavy (non-hydrogen) atoms. The zero-order chi connectivity index (χ0) is 14.2. The van der Waals surface area contributed by atoms with Crippen molar-refractivity contribution in [2.75, 3.05) is 31.1 Å². The number of carbonyl (C=O) groups excluding carboxylic acids is 1. The van der Waals surface area contributed by atoms with Crippen LogP contribution in [0.25, 0.3) is 0 Å². The molecule has 0 spiro atoms. The molecule has 2 aliphatic rings. The number of fused-ring (bicyclic) bond motifs is 1. The highest BCUT2D eigenvalue weighted by Crippen LogP contribution is 2.28. The fourth-order valence-corrected chi connectivity index (χ4v) is 2.88. The molecule has 0 unspecified atom stereocenters. The second-order valence-corrected chi connectivity index (χ2v) is 6.12. The van der Waals surface area contributed by atoms with E-state index in [1.165, 1.54) is 11.1 Å². The van der Waals surface area contributed by atoms with Gasteiger partial charge in [-0.05, 0) is 38.3 Å². The molecule has 1 N–H and O–H groups in total. The molecule has 1 fully saturated rings. The molecule has 2 heterocycles. The van der Waals surface area contributed by atoms with Gasteiger partial charge in [0, 0.05) is 25.3 Å². The summed E-state index contributed by atoms with van der Waals surface area (Å²) in [6.07, 6.45) is 2.09. The number of hydrogen-bond acceptors (Lipinski definition) is 3. The van der Waals surface area contributed by atoms with E-state index in [1.807, 2.05) is 11.8 Å². The summed E-state index contributed by atoms with van der Waals surface area (Å²) < 4.78 is 5.77. The van der Waals surface area contributed by atoms with Gasteiger partial charge in [-0.2, -0.15) is 0 Å². The lowest BCUT2D eigenvalue weighted by Gasteiger charge is -2.39. The Balaban J connectivity index is 1.70. The molecule has 0 aliphatic carbocycles. The van der Waals surface area contributed by atoms with Crippen LogP contribution in [0.15, 0.2) is 18.2 Å². The lowest BCUT2D eigenvalue weighted by atomic mass is 9.99. The number of carbonyl (C=O) groups is 1. The van der Waals surface area contributed by atoms with Gasteiger partial charge in [-0.25, -0.2) is 0 Å². The second kappa shape index (κ2) is 5.19. The predicted molar refractivity (Wildman–Crippen MR) is 79.1 cm³/mol. The summed E-state index contributed by atoms with van der Waals surface area (Å²) in [5.74, 6) is 0.0722. The summed E-state index contributed by atoms with van der Waals surface area (Å²) in [5.41, 5.74) is 3.43. The van der Waals surface area contributed by atoms with Crippen molar-refractivity contribution in [2.24, 2.45) is 0 Å². The van der Waals surface area contributed by atoms with Crippen LogP contribution in [0.3, 0.4) is 0 Å². The van der Waals surface area contributed by atoms with Gasteiger partial charge in [0.1, 0.15) is 6.61 Å². The highest BCUT2D eigenvalue weighted by molar-refractivity contribution is 5.95. The molecular weight excluding hydrogens is 252 g/mol. The van der Waals surface area contributed by atoms with Crippen LogP contribution in [0.1, 0.15) is 24.5 Å². The Kier molecular flexibility index (Phi) is 3.52. The number of amides is 1. The van der Waals surface area contributed by atoms with E-state index in [9.17, 15) is 4.79 Å². The van der Waals surface area contributed by atoms with E-state index in [4.69, 9.17) is 4.74 Å². The van der Waals surface area contributed by atoms with E-state index in [0.29, 0.717) is 0 Å². The van der Waals surface area contributed by atoms with Crippen LogP contribution in [-0.4, -0.2) is 37.7 Å². The van der Waals surface area contributed by atoms with Crippen molar-refractivity contribution in [1.82, 2.24) is 5.32 Å². The molecule has 3 rings (SSSR count). The molecule has 0 bridgehead atoms. The first kappa shape index (κ1) is 13.6. The van der Waals surface area contributed by atoms with Gasteiger partial charge in [0.15, 0.2) is 0 Å². The minimum Gasteiger partial charge on any atom is -0.363 e. The van der Waals surface area contributed by atoms with Crippen molar-refractivity contribution in [3.63, 3.8) is 0 Å². The highest BCUT2D eigenvalue weighted by Gasteiger charge is 2.34. The van der Waals surface area contributed by atoms with Crippen molar-refractivity contribution in [1.29, 1.82) is 0 Å². The first-order valence-corrected chi connectivity index (χ1v) is 7.32. The maximum absolute atomic E-state index is 12.4. The number of ether oxygens (including phenoxy) is 1. The van der Waals surface area contributed by atoms with Gasteiger partial charge in [0.25, 0.3) is 5.91 Å². The number of anilines is 1. The standard InChI is InChI=1S/C16H22N2O2/c1-12-5-6-14-13(8-12)4-3-7-18(14)15(19)9-20-16(2)10-17-11-16/h5-6,8,17H,3-4,7,9-11H2,1-2H3. The number of hydrogen-bond donors (Lipinski definition) is 1.